The van der Waals surface area contributed by atoms with E-state index < -0.39 is 0 Å². The minimum atomic E-state index is -0.0956. The average molecular weight is 1040 g/mol. The molecule has 0 bridgehead atoms. The van der Waals surface area contributed by atoms with Crippen LogP contribution < -0.4 is 30.4 Å². The van der Waals surface area contributed by atoms with Gasteiger partial charge in [-0.25, -0.2) is 0 Å². The van der Waals surface area contributed by atoms with Crippen LogP contribution in [0.5, 0.6) is 0 Å². The largest absolute Gasteiger partial charge is 0.342 e. The number of para-hydroxylation sites is 1. The third-order valence-electron chi connectivity index (χ3n) is 17.0. The second kappa shape index (κ2) is 17.7. The van der Waals surface area contributed by atoms with Crippen LogP contribution in [0, 0.1) is 6.92 Å². The number of aromatic nitrogens is 1. The maximum absolute atomic E-state index is 2.65. The van der Waals surface area contributed by atoms with E-state index in [0.717, 1.165) is 22.7 Å². The summed E-state index contributed by atoms with van der Waals surface area (Å²) in [6.45, 7) is 37.0. The monoisotopic (exact) mass is 1040 g/mol. The molecule has 0 amide bonds. The number of hydrogen-bond acceptors (Lipinski definition) is 4. The second-order valence-corrected chi connectivity index (χ2v) is 28.8. The molecule has 6 heteroatoms. The summed E-state index contributed by atoms with van der Waals surface area (Å²) >= 11 is 1.98. The maximum atomic E-state index is 2.65. The first kappa shape index (κ1) is 51.7. The van der Waals surface area contributed by atoms with Gasteiger partial charge in [0.15, 0.2) is 0 Å². The first-order valence-electron chi connectivity index (χ1n) is 28.3. The third kappa shape index (κ3) is 8.39. The topological polar surface area (TPSA) is 14.7 Å². The summed E-state index contributed by atoms with van der Waals surface area (Å²) < 4.78 is 5.16. The molecular formula is C72H77BN4S. The molecule has 0 saturated heterocycles. The van der Waals surface area contributed by atoms with Crippen LogP contribution in [0.25, 0.3) is 31.9 Å². The van der Waals surface area contributed by atoms with Crippen molar-refractivity contribution in [1.82, 2.24) is 4.57 Å². The predicted octanol–water partition coefficient (Wildman–Crippen LogP) is 18.9. The first-order valence-corrected chi connectivity index (χ1v) is 29.1. The molecule has 2 aliphatic heterocycles. The van der Waals surface area contributed by atoms with E-state index in [2.05, 4.69) is 295 Å². The zero-order chi connectivity index (χ0) is 55.3. The lowest BCUT2D eigenvalue weighted by Gasteiger charge is -2.44. The number of anilines is 9. The molecule has 394 valence electrons. The summed E-state index contributed by atoms with van der Waals surface area (Å²) in [5.41, 5.74) is 23.6. The van der Waals surface area contributed by atoms with Crippen molar-refractivity contribution in [3.8, 4) is 0 Å². The van der Waals surface area contributed by atoms with E-state index in [1.165, 1.54) is 109 Å². The van der Waals surface area contributed by atoms with E-state index in [1.54, 1.807) is 0 Å². The normalized spacial score (nSPS) is 13.9. The lowest BCUT2D eigenvalue weighted by atomic mass is 9.36. The Morgan fingerprint density at radius 2 is 0.885 bits per heavy atom. The minimum Gasteiger partial charge on any atom is -0.342 e. The van der Waals surface area contributed by atoms with E-state index in [1.807, 2.05) is 11.3 Å². The molecule has 0 radical (unpaired) electrons. The fraction of sp³-hybridized carbons (Fsp3) is 0.306. The van der Waals surface area contributed by atoms with Crippen molar-refractivity contribution < 1.29 is 0 Å². The summed E-state index contributed by atoms with van der Waals surface area (Å²) in [7, 11) is 2.28. The van der Waals surface area contributed by atoms with Gasteiger partial charge in [0.25, 0.3) is 6.71 Å². The van der Waals surface area contributed by atoms with Crippen molar-refractivity contribution in [3.05, 3.63) is 191 Å². The van der Waals surface area contributed by atoms with Crippen LogP contribution in [-0.4, -0.2) is 11.3 Å². The van der Waals surface area contributed by atoms with Crippen molar-refractivity contribution >= 4 is 117 Å². The highest BCUT2D eigenvalue weighted by atomic mass is 32.1. The van der Waals surface area contributed by atoms with Crippen LogP contribution in [0.2, 0.25) is 0 Å². The Kier molecular flexibility index (Phi) is 11.8. The molecule has 0 N–H and O–H groups in total. The number of nitrogens with zero attached hydrogens (tertiary/aromatic N) is 4. The molecule has 2 aliphatic rings. The van der Waals surface area contributed by atoms with E-state index >= 15 is 0 Å². The van der Waals surface area contributed by atoms with Crippen LogP contribution >= 0.6 is 11.3 Å². The van der Waals surface area contributed by atoms with Crippen molar-refractivity contribution in [2.75, 3.05) is 14.7 Å². The van der Waals surface area contributed by atoms with Gasteiger partial charge >= 0.3 is 0 Å². The van der Waals surface area contributed by atoms with E-state index in [0.29, 0.717) is 0 Å². The fourth-order valence-corrected chi connectivity index (χ4v) is 13.8. The highest BCUT2D eigenvalue weighted by molar-refractivity contribution is 7.33. The van der Waals surface area contributed by atoms with Crippen LogP contribution in [-0.2, 0) is 34.1 Å². The van der Waals surface area contributed by atoms with Gasteiger partial charge in [-0.15, -0.1) is 11.3 Å². The Morgan fingerprint density at radius 3 is 1.36 bits per heavy atom. The Labute approximate surface area is 469 Å². The Bertz CT molecular complexity index is 3930. The summed E-state index contributed by atoms with van der Waals surface area (Å²) in [5, 5.41) is 3.81. The maximum Gasteiger partial charge on any atom is 0.264 e. The molecule has 8 aromatic carbocycles. The summed E-state index contributed by atoms with van der Waals surface area (Å²) in [4.78, 5) is 7.85. The first-order chi connectivity index (χ1) is 36.7. The molecule has 0 fully saturated rings. The summed E-state index contributed by atoms with van der Waals surface area (Å²) in [6.07, 6.45) is 0. The Balaban J connectivity index is 1.25. The van der Waals surface area contributed by atoms with Crippen molar-refractivity contribution in [3.63, 3.8) is 0 Å². The fourth-order valence-electron chi connectivity index (χ4n) is 12.5. The van der Waals surface area contributed by atoms with Crippen molar-refractivity contribution in [1.29, 1.82) is 0 Å². The molecule has 2 aromatic heterocycles. The quantitative estimate of drug-likeness (QED) is 0.160. The van der Waals surface area contributed by atoms with E-state index in [9.17, 15) is 0 Å². The molecule has 0 aliphatic carbocycles. The molecule has 0 saturated carbocycles. The van der Waals surface area contributed by atoms with Gasteiger partial charge in [0.05, 0.1) is 22.6 Å². The SMILES string of the molecule is Cc1cc2c3c(c1)N(c1ccc(C(C)(C)C)cc1)c1c(cc(N(c4ccc(C(C)(C)C)cc4)c4ccc(C(C)(C)C)cc4)c4c1c1ccccc1n4C)B3c1sc3ccc(C(C)(C)C)cc3c1N2c1ccc(C(C)(C)C)cc1. The standard InChI is InChI=1S/C72H77BN4S/c1-44-40-58-63-59(41-44)77(53-37-28-48(29-38-53)71(11,12)13)65-56(73(63)67-64(55-42-49(72(14,15)16)30-39-61(55)78-67)76(58)52-35-26-47(27-36-52)70(8,9)10)43-60(66-62(65)54-20-18-19-21-57(54)74(66)17)75(50-31-22-45(23-32-50)68(2,3)4)51-33-24-46(25-34-51)69(5,6)7/h18-43H,1-17H3. The summed E-state index contributed by atoms with van der Waals surface area (Å²) in [5.74, 6) is 0. The average Bonchev–Trinajstić information content (AvgIpc) is 2.35. The number of fused-ring (bicyclic) bond motifs is 10. The Hall–Kier alpha value is -7.02. The molecular weight excluding hydrogens is 964 g/mol. The van der Waals surface area contributed by atoms with Crippen molar-refractivity contribution in [2.45, 2.75) is 138 Å². The molecule has 4 heterocycles. The van der Waals surface area contributed by atoms with Gasteiger partial charge in [0.2, 0.25) is 0 Å². The van der Waals surface area contributed by atoms with Gasteiger partial charge in [-0.2, -0.15) is 0 Å². The third-order valence-corrected chi connectivity index (χ3v) is 18.2. The molecule has 0 spiro atoms. The van der Waals surface area contributed by atoms with Gasteiger partial charge in [-0.3, -0.25) is 0 Å². The zero-order valence-corrected chi connectivity index (χ0v) is 50.1. The smallest absolute Gasteiger partial charge is 0.264 e. The van der Waals surface area contributed by atoms with Crippen molar-refractivity contribution in [2.24, 2.45) is 7.05 Å². The number of rotatable bonds is 5. The number of aryl methyl sites for hydroxylation is 2. The Morgan fingerprint density at radius 1 is 0.449 bits per heavy atom. The lowest BCUT2D eigenvalue weighted by molar-refractivity contribution is 0.590. The minimum absolute atomic E-state index is 0.00314. The van der Waals surface area contributed by atoms with Gasteiger partial charge in [-0.1, -0.05) is 177 Å². The molecule has 10 aromatic rings. The van der Waals surface area contributed by atoms with E-state index in [-0.39, 0.29) is 33.8 Å². The number of benzene rings is 8. The molecule has 4 nitrogen and oxygen atoms in total. The summed E-state index contributed by atoms with van der Waals surface area (Å²) in [6, 6.07) is 61.7. The molecule has 0 unspecified atom stereocenters. The number of hydrogen-bond donors (Lipinski definition) is 0. The highest BCUT2D eigenvalue weighted by Crippen LogP contribution is 2.53. The predicted molar refractivity (Wildman–Crippen MR) is 343 cm³/mol. The van der Waals surface area contributed by atoms with Gasteiger partial charge in [0.1, 0.15) is 0 Å². The lowest BCUT2D eigenvalue weighted by Crippen LogP contribution is -2.60. The highest BCUT2D eigenvalue weighted by Gasteiger charge is 2.47. The molecule has 12 rings (SSSR count). The number of thiophene rings is 1. The molecule has 78 heavy (non-hydrogen) atoms. The van der Waals surface area contributed by atoms with Gasteiger partial charge in [0, 0.05) is 72.3 Å². The van der Waals surface area contributed by atoms with Gasteiger partial charge < -0.3 is 19.3 Å². The van der Waals surface area contributed by atoms with Crippen LogP contribution in [0.1, 0.15) is 137 Å². The van der Waals surface area contributed by atoms with Crippen LogP contribution in [0.15, 0.2) is 158 Å². The van der Waals surface area contributed by atoms with Crippen LogP contribution in [0.3, 0.4) is 0 Å². The second-order valence-electron chi connectivity index (χ2n) is 27.8. The van der Waals surface area contributed by atoms with E-state index in [4.69, 9.17) is 0 Å². The van der Waals surface area contributed by atoms with Crippen LogP contribution in [0.4, 0.5) is 51.2 Å². The zero-order valence-electron chi connectivity index (χ0n) is 49.3. The molecule has 0 atom stereocenters. The van der Waals surface area contributed by atoms with Gasteiger partial charge in [-0.05, 0) is 163 Å².